The van der Waals surface area contributed by atoms with Gasteiger partial charge >= 0.3 is 28.8 Å². The summed E-state index contributed by atoms with van der Waals surface area (Å²) < 4.78 is 1.58. The van der Waals surface area contributed by atoms with Gasteiger partial charge in [0.15, 0.2) is 0 Å². The van der Waals surface area contributed by atoms with Gasteiger partial charge in [0.25, 0.3) is 0 Å². The van der Waals surface area contributed by atoms with Crippen LogP contribution in [-0.4, -0.2) is 4.70 Å². The molecule has 0 radical (unpaired) electrons. The molecule has 0 unspecified atom stereocenters. The summed E-state index contributed by atoms with van der Waals surface area (Å²) in [5.74, 6) is 0. The third kappa shape index (κ3) is 15.1. The van der Waals surface area contributed by atoms with Crippen LogP contribution >= 0.6 is 0 Å². The summed E-state index contributed by atoms with van der Waals surface area (Å²) in [5, 5.41) is 4.35. The average Bonchev–Trinajstić information content (AvgIpc) is 3.36. The Morgan fingerprint density at radius 3 is 1.11 bits per heavy atom. The normalized spacial score (nSPS) is 13.1. The zero-order valence-electron chi connectivity index (χ0n) is 31.4. The van der Waals surface area contributed by atoms with E-state index in [9.17, 15) is 5.53 Å². The Bertz CT molecular complexity index is 1170. The van der Waals surface area contributed by atoms with Crippen LogP contribution in [0.1, 0.15) is 178 Å². The molecule has 3 rings (SSSR count). The van der Waals surface area contributed by atoms with Gasteiger partial charge in [0, 0.05) is 22.3 Å². The zero-order valence-corrected chi connectivity index (χ0v) is 32.9. The maximum absolute atomic E-state index is 12.0. The molecule has 47 heavy (non-hydrogen) atoms. The first-order valence-corrected chi connectivity index (χ1v) is 22.5. The molecule has 1 heterocycles. The van der Waals surface area contributed by atoms with Gasteiger partial charge in [-0.25, -0.2) is 4.70 Å². The fourth-order valence-corrected chi connectivity index (χ4v) is 6.74. The summed E-state index contributed by atoms with van der Waals surface area (Å²) in [6.07, 6.45) is 27.4. The second-order valence-electron chi connectivity index (χ2n) is 13.6. The Labute approximate surface area is 300 Å². The molecule has 0 fully saturated rings. The van der Waals surface area contributed by atoms with Gasteiger partial charge in [-0.05, 0) is 86.8 Å². The van der Waals surface area contributed by atoms with Crippen LogP contribution in [0.3, 0.4) is 0 Å². The molecule has 2 aromatic carbocycles. The van der Waals surface area contributed by atoms with E-state index in [-0.39, 0.29) is 0 Å². The van der Waals surface area contributed by atoms with Crippen molar-refractivity contribution >= 4 is 11.4 Å². The van der Waals surface area contributed by atoms with Gasteiger partial charge in [-0.1, -0.05) is 142 Å². The third-order valence-corrected chi connectivity index (χ3v) is 9.51. The number of hydrogen-bond acceptors (Lipinski definition) is 0. The summed E-state index contributed by atoms with van der Waals surface area (Å²) in [6, 6.07) is 18.2. The van der Waals surface area contributed by atoms with E-state index >= 15 is 0 Å². The van der Waals surface area contributed by atoms with Gasteiger partial charge in [-0.2, -0.15) is 0 Å². The minimum atomic E-state index is 0.950. The predicted molar refractivity (Wildman–Crippen MR) is 205 cm³/mol. The van der Waals surface area contributed by atoms with Crippen molar-refractivity contribution in [2.24, 2.45) is 0 Å². The molecule has 2 aromatic rings. The van der Waals surface area contributed by atoms with Gasteiger partial charge in [-0.15, -0.1) is 0 Å². The van der Waals surface area contributed by atoms with Crippen molar-refractivity contribution in [3.63, 3.8) is 0 Å². The van der Waals surface area contributed by atoms with Crippen LogP contribution in [-0.2, 0) is 30.8 Å². The molecule has 266 valence electrons. The van der Waals surface area contributed by atoms with Gasteiger partial charge in [0.05, 0.1) is 0 Å². The average molecular weight is 733 g/mol. The van der Waals surface area contributed by atoms with Crippen LogP contribution < -0.4 is 0 Å². The first-order chi connectivity index (χ1) is 23.1. The Hall–Kier alpha value is -1.82. The van der Waals surface area contributed by atoms with E-state index in [1.807, 2.05) is 0 Å². The SMILES string of the molecule is CCCCCCCCC1=C(c2ccc(CCCC)cc2)[N+](=[N-])C(c2ccc(CCCCCC)cc2)=C1CCCCCCCC.[CH3][Pd][CH3]. The molecule has 0 saturated heterocycles. The molecule has 0 aliphatic carbocycles. The van der Waals surface area contributed by atoms with Crippen molar-refractivity contribution in [2.75, 3.05) is 0 Å². The number of allylic oxidation sites excluding steroid dienone is 2. The predicted octanol–water partition coefficient (Wildman–Crippen LogP) is 15.0. The van der Waals surface area contributed by atoms with E-state index in [2.05, 4.69) is 87.0 Å². The molecular weight excluding hydrogens is 663 g/mol. The first kappa shape index (κ1) is 41.4. The van der Waals surface area contributed by atoms with Crippen molar-refractivity contribution in [1.29, 1.82) is 0 Å². The van der Waals surface area contributed by atoms with Crippen LogP contribution in [0.25, 0.3) is 16.9 Å². The van der Waals surface area contributed by atoms with Crippen LogP contribution in [0, 0.1) is 0 Å². The first-order valence-electron chi connectivity index (χ1n) is 19.4. The second-order valence-corrected chi connectivity index (χ2v) is 15.2. The quantitative estimate of drug-likeness (QED) is 0.0583. The van der Waals surface area contributed by atoms with Crippen LogP contribution in [0.15, 0.2) is 59.7 Å². The van der Waals surface area contributed by atoms with E-state index in [1.165, 1.54) is 138 Å². The van der Waals surface area contributed by atoms with E-state index in [0.29, 0.717) is 0 Å². The molecule has 0 N–H and O–H groups in total. The van der Waals surface area contributed by atoms with E-state index in [4.69, 9.17) is 0 Å². The van der Waals surface area contributed by atoms with Crippen molar-refractivity contribution in [3.05, 3.63) is 87.5 Å². The fourth-order valence-electron chi connectivity index (χ4n) is 6.74. The molecule has 3 heteroatoms. The van der Waals surface area contributed by atoms with Crippen molar-refractivity contribution in [2.45, 2.75) is 180 Å². The molecule has 1 aliphatic heterocycles. The van der Waals surface area contributed by atoms with Crippen LogP contribution in [0.4, 0.5) is 0 Å². The Morgan fingerprint density at radius 2 is 0.723 bits per heavy atom. The van der Waals surface area contributed by atoms with Gasteiger partial charge in [0.2, 0.25) is 11.4 Å². The summed E-state index contributed by atoms with van der Waals surface area (Å²) in [6.45, 7) is 9.11. The Balaban J connectivity index is 0.00000246. The van der Waals surface area contributed by atoms with E-state index < -0.39 is 0 Å². The molecule has 0 spiro atoms. The summed E-state index contributed by atoms with van der Waals surface area (Å²) in [5.41, 5.74) is 22.0. The van der Waals surface area contributed by atoms with E-state index in [0.717, 1.165) is 66.2 Å². The van der Waals surface area contributed by atoms with E-state index in [1.54, 1.807) is 4.70 Å². The molecule has 2 nitrogen and oxygen atoms in total. The number of benzene rings is 2. The molecule has 0 amide bonds. The molecule has 0 saturated carbocycles. The number of hydrogen-bond donors (Lipinski definition) is 0. The van der Waals surface area contributed by atoms with Crippen molar-refractivity contribution in [3.8, 4) is 0 Å². The van der Waals surface area contributed by atoms with Crippen LogP contribution in [0.5, 0.6) is 0 Å². The standard InChI is InChI=1S/C42H64N2.2CH3.Pd/c1-5-9-13-16-18-21-25-39-40(26-22-19-17-14-10-6-2)42(38-33-29-36(30-34-38)24-20-15-11-7-3)44(43)41(39)37-31-27-35(28-32-37)23-12-8-4;;;/h27-34H,5-26H2,1-4H3;2*1H3;. The fraction of sp³-hybridized carbons (Fsp3) is 0.636. The third-order valence-electron chi connectivity index (χ3n) is 9.51. The summed E-state index contributed by atoms with van der Waals surface area (Å²) in [4.78, 5) is 0. The molecular formula is C44H70N2Pd. The zero-order chi connectivity index (χ0) is 34.1. The summed E-state index contributed by atoms with van der Waals surface area (Å²) in [7, 11) is 0. The van der Waals surface area contributed by atoms with Crippen molar-refractivity contribution < 1.29 is 22.7 Å². The second kappa shape index (κ2) is 26.1. The maximum atomic E-state index is 12.0. The van der Waals surface area contributed by atoms with Gasteiger partial charge < -0.3 is 5.53 Å². The van der Waals surface area contributed by atoms with Gasteiger partial charge in [-0.3, -0.25) is 0 Å². The number of aryl methyl sites for hydroxylation is 2. The van der Waals surface area contributed by atoms with Crippen LogP contribution in [0.2, 0.25) is 10.8 Å². The topological polar surface area (TPSA) is 25.3 Å². The summed E-state index contributed by atoms with van der Waals surface area (Å²) >= 11 is 0.950. The number of unbranched alkanes of at least 4 members (excludes halogenated alkanes) is 14. The number of nitrogens with zero attached hydrogens (tertiary/aromatic N) is 2. The molecule has 1 aliphatic rings. The monoisotopic (exact) mass is 732 g/mol. The Morgan fingerprint density at radius 1 is 0.426 bits per heavy atom. The van der Waals surface area contributed by atoms with Crippen molar-refractivity contribution in [1.82, 2.24) is 0 Å². The molecule has 0 bridgehead atoms. The van der Waals surface area contributed by atoms with Gasteiger partial charge in [0.1, 0.15) is 0 Å². The number of rotatable bonds is 24. The molecule has 0 atom stereocenters. The molecule has 0 aromatic heterocycles. The minimum absolute atomic E-state index is 0.950. The Kier molecular flexibility index (Phi) is 23.0.